The van der Waals surface area contributed by atoms with E-state index in [0.29, 0.717) is 26.2 Å². The molecule has 0 saturated carbocycles. The van der Waals surface area contributed by atoms with Crippen molar-refractivity contribution in [1.29, 1.82) is 0 Å². The van der Waals surface area contributed by atoms with Crippen molar-refractivity contribution in [3.63, 3.8) is 0 Å². The quantitative estimate of drug-likeness (QED) is 0.370. The minimum atomic E-state index is -4.17. The van der Waals surface area contributed by atoms with E-state index < -0.39 is 34.4 Å². The molecule has 0 saturated heterocycles. The number of likely N-dealkylation sites (N-methyl/N-ethyl adjacent to an activating group) is 1. The summed E-state index contributed by atoms with van der Waals surface area (Å²) in [6.45, 7) is 2.67. The van der Waals surface area contributed by atoms with Gasteiger partial charge >= 0.3 is 0 Å². The highest BCUT2D eigenvalue weighted by atomic mass is 35.5. The van der Waals surface area contributed by atoms with Crippen molar-refractivity contribution >= 4 is 62.3 Å². The Morgan fingerprint density at radius 3 is 2.22 bits per heavy atom. The highest BCUT2D eigenvalue weighted by Gasteiger charge is 2.33. The number of hydrogen-bond acceptors (Lipinski definition) is 4. The number of nitrogens with one attached hydrogen (secondary N) is 1. The molecular weight excluding hydrogens is 557 g/mol. The Kier molecular flexibility index (Phi) is 9.47. The molecular formula is C26H26Cl3N3O4S. The Morgan fingerprint density at radius 2 is 1.59 bits per heavy atom. The van der Waals surface area contributed by atoms with Gasteiger partial charge in [-0.3, -0.25) is 13.9 Å². The molecule has 0 fully saturated rings. The van der Waals surface area contributed by atoms with Crippen LogP contribution in [-0.4, -0.2) is 44.8 Å². The highest BCUT2D eigenvalue weighted by Crippen LogP contribution is 2.31. The maximum absolute atomic E-state index is 13.8. The van der Waals surface area contributed by atoms with E-state index in [0.717, 1.165) is 4.31 Å². The van der Waals surface area contributed by atoms with Gasteiger partial charge in [-0.1, -0.05) is 65.1 Å². The fourth-order valence-corrected chi connectivity index (χ4v) is 5.71. The number of amides is 2. The van der Waals surface area contributed by atoms with E-state index in [2.05, 4.69) is 5.32 Å². The zero-order valence-corrected chi connectivity index (χ0v) is 23.5. The van der Waals surface area contributed by atoms with Crippen molar-refractivity contribution in [2.75, 3.05) is 17.9 Å². The number of sulfonamides is 1. The van der Waals surface area contributed by atoms with Gasteiger partial charge < -0.3 is 10.2 Å². The zero-order valence-electron chi connectivity index (χ0n) is 20.4. The second-order valence-electron chi connectivity index (χ2n) is 8.27. The predicted octanol–water partition coefficient (Wildman–Crippen LogP) is 5.31. The van der Waals surface area contributed by atoms with Crippen molar-refractivity contribution in [2.45, 2.75) is 31.3 Å². The number of halogens is 3. The summed E-state index contributed by atoms with van der Waals surface area (Å²) in [5, 5.41) is 3.53. The van der Waals surface area contributed by atoms with Crippen LogP contribution in [0.1, 0.15) is 18.1 Å². The molecule has 7 nitrogen and oxygen atoms in total. The standard InChI is InChI=1S/C26H26Cl3N3O4S/c1-17-21(27)10-7-11-24(17)32(37(35,36)20-8-5-4-6-9-20)16-25(33)31(18(2)26(34)30-3)15-19-12-13-22(28)23(29)14-19/h4-14,18H,15-16H2,1-3H3,(H,30,34)/t18-/m1/s1. The second-order valence-corrected chi connectivity index (χ2v) is 11.4. The normalized spacial score (nSPS) is 12.1. The topological polar surface area (TPSA) is 86.8 Å². The van der Waals surface area contributed by atoms with Crippen molar-refractivity contribution in [1.82, 2.24) is 10.2 Å². The molecule has 37 heavy (non-hydrogen) atoms. The fourth-order valence-electron chi connectivity index (χ4n) is 3.73. The highest BCUT2D eigenvalue weighted by molar-refractivity contribution is 7.92. The van der Waals surface area contributed by atoms with Gasteiger partial charge in [-0.25, -0.2) is 8.42 Å². The minimum absolute atomic E-state index is 0.00192. The van der Waals surface area contributed by atoms with Gasteiger partial charge in [0, 0.05) is 18.6 Å². The van der Waals surface area contributed by atoms with Gasteiger partial charge in [-0.2, -0.15) is 0 Å². The van der Waals surface area contributed by atoms with Crippen molar-refractivity contribution in [3.05, 3.63) is 92.9 Å². The Balaban J connectivity index is 2.07. The lowest BCUT2D eigenvalue weighted by atomic mass is 10.1. The molecule has 3 aromatic carbocycles. The van der Waals surface area contributed by atoms with E-state index in [1.54, 1.807) is 68.4 Å². The monoisotopic (exact) mass is 581 g/mol. The van der Waals surface area contributed by atoms with Crippen LogP contribution in [0.5, 0.6) is 0 Å². The molecule has 1 atom stereocenters. The van der Waals surface area contributed by atoms with Crippen LogP contribution in [0, 0.1) is 6.92 Å². The number of nitrogens with zero attached hydrogens (tertiary/aromatic N) is 2. The van der Waals surface area contributed by atoms with Crippen LogP contribution in [0.3, 0.4) is 0 Å². The van der Waals surface area contributed by atoms with Gasteiger partial charge in [-0.15, -0.1) is 0 Å². The molecule has 2 amide bonds. The molecule has 0 aliphatic heterocycles. The van der Waals surface area contributed by atoms with Crippen molar-refractivity contribution in [3.8, 4) is 0 Å². The maximum Gasteiger partial charge on any atom is 0.264 e. The lowest BCUT2D eigenvalue weighted by Gasteiger charge is -2.32. The molecule has 0 aliphatic rings. The molecule has 0 radical (unpaired) electrons. The first-order valence-electron chi connectivity index (χ1n) is 11.2. The van der Waals surface area contributed by atoms with Gasteiger partial charge in [0.2, 0.25) is 11.8 Å². The van der Waals surface area contributed by atoms with Crippen LogP contribution >= 0.6 is 34.8 Å². The number of carbonyl (C=O) groups is 2. The Labute approximate surface area is 232 Å². The van der Waals surface area contributed by atoms with Crippen LogP contribution in [-0.2, 0) is 26.2 Å². The zero-order chi connectivity index (χ0) is 27.3. The maximum atomic E-state index is 13.8. The number of benzene rings is 3. The summed E-state index contributed by atoms with van der Waals surface area (Å²) in [4.78, 5) is 27.6. The first-order chi connectivity index (χ1) is 17.5. The van der Waals surface area contributed by atoms with Crippen molar-refractivity contribution < 1.29 is 18.0 Å². The summed E-state index contributed by atoms with van der Waals surface area (Å²) < 4.78 is 28.5. The summed E-state index contributed by atoms with van der Waals surface area (Å²) in [6, 6.07) is 16.6. The van der Waals surface area contributed by atoms with Gasteiger partial charge in [0.1, 0.15) is 12.6 Å². The molecule has 0 unspecified atom stereocenters. The molecule has 0 heterocycles. The third-order valence-corrected chi connectivity index (χ3v) is 8.79. The van der Waals surface area contributed by atoms with E-state index in [-0.39, 0.29) is 17.1 Å². The Hall–Kier alpha value is -2.78. The average Bonchev–Trinajstić information content (AvgIpc) is 2.89. The molecule has 196 valence electrons. The molecule has 0 aromatic heterocycles. The molecule has 3 rings (SSSR count). The summed E-state index contributed by atoms with van der Waals surface area (Å²) in [5.74, 6) is -1.01. The first-order valence-corrected chi connectivity index (χ1v) is 13.8. The summed E-state index contributed by atoms with van der Waals surface area (Å²) in [5.41, 5.74) is 1.37. The van der Waals surface area contributed by atoms with Crippen LogP contribution in [0.4, 0.5) is 5.69 Å². The summed E-state index contributed by atoms with van der Waals surface area (Å²) in [7, 11) is -2.71. The Bertz CT molecular complexity index is 1400. The Morgan fingerprint density at radius 1 is 0.919 bits per heavy atom. The molecule has 0 aliphatic carbocycles. The lowest BCUT2D eigenvalue weighted by Crippen LogP contribution is -2.50. The number of anilines is 1. The van der Waals surface area contributed by atoms with Gasteiger partial charge in [0.25, 0.3) is 10.0 Å². The third kappa shape index (κ3) is 6.57. The number of hydrogen-bond donors (Lipinski definition) is 1. The average molecular weight is 583 g/mol. The second kappa shape index (κ2) is 12.2. The van der Waals surface area contributed by atoms with Crippen molar-refractivity contribution in [2.24, 2.45) is 0 Å². The van der Waals surface area contributed by atoms with E-state index in [9.17, 15) is 18.0 Å². The summed E-state index contributed by atoms with van der Waals surface area (Å²) in [6.07, 6.45) is 0. The van der Waals surface area contributed by atoms with E-state index in [1.165, 1.54) is 24.1 Å². The third-order valence-electron chi connectivity index (χ3n) is 5.87. The molecule has 0 spiro atoms. The molecule has 1 N–H and O–H groups in total. The van der Waals surface area contributed by atoms with Crippen LogP contribution in [0.25, 0.3) is 0 Å². The predicted molar refractivity (Wildman–Crippen MR) is 148 cm³/mol. The van der Waals surface area contributed by atoms with E-state index in [4.69, 9.17) is 34.8 Å². The van der Waals surface area contributed by atoms with Gasteiger partial charge in [0.15, 0.2) is 0 Å². The van der Waals surface area contributed by atoms with E-state index in [1.807, 2.05) is 0 Å². The largest absolute Gasteiger partial charge is 0.357 e. The minimum Gasteiger partial charge on any atom is -0.357 e. The number of rotatable bonds is 9. The van der Waals surface area contributed by atoms with Gasteiger partial charge in [-0.05, 0) is 61.4 Å². The van der Waals surface area contributed by atoms with Gasteiger partial charge in [0.05, 0.1) is 20.6 Å². The smallest absolute Gasteiger partial charge is 0.264 e. The lowest BCUT2D eigenvalue weighted by molar-refractivity contribution is -0.139. The first kappa shape index (κ1) is 28.8. The summed E-state index contributed by atoms with van der Waals surface area (Å²) >= 11 is 18.5. The van der Waals surface area contributed by atoms with Crippen LogP contribution in [0.15, 0.2) is 71.6 Å². The van der Waals surface area contributed by atoms with Crippen LogP contribution in [0.2, 0.25) is 15.1 Å². The SMILES string of the molecule is CNC(=O)[C@@H](C)N(Cc1ccc(Cl)c(Cl)c1)C(=O)CN(c1cccc(Cl)c1C)S(=O)(=O)c1ccccc1. The molecule has 3 aromatic rings. The van der Waals surface area contributed by atoms with Crippen LogP contribution < -0.4 is 9.62 Å². The fraction of sp³-hybridized carbons (Fsp3) is 0.231. The molecule has 0 bridgehead atoms. The van der Waals surface area contributed by atoms with E-state index >= 15 is 0 Å². The number of carbonyl (C=O) groups excluding carboxylic acids is 2. The molecule has 11 heteroatoms.